The smallest absolute Gasteiger partial charge is 0.329 e. The summed E-state index contributed by atoms with van der Waals surface area (Å²) in [5, 5.41) is 3.23. The molecule has 6 nitrogen and oxygen atoms in total. The summed E-state index contributed by atoms with van der Waals surface area (Å²) in [5.41, 5.74) is 1.52. The Bertz CT molecular complexity index is 752. The van der Waals surface area contributed by atoms with Crippen molar-refractivity contribution >= 4 is 29.3 Å². The molecule has 0 radical (unpaired) electrons. The summed E-state index contributed by atoms with van der Waals surface area (Å²) in [6.07, 6.45) is 2.09. The van der Waals surface area contributed by atoms with Crippen LogP contribution in [-0.2, 0) is 18.4 Å². The molecule has 0 aliphatic carbocycles. The first-order chi connectivity index (χ1) is 10.6. The molecule has 1 aliphatic rings. The Labute approximate surface area is 141 Å². The number of likely N-dealkylation sites (N-methyl/N-ethyl adjacent to an activating group) is 1. The minimum atomic E-state index is -0.142. The molecule has 0 saturated carbocycles. The van der Waals surface area contributed by atoms with Crippen molar-refractivity contribution in [1.29, 1.82) is 0 Å². The van der Waals surface area contributed by atoms with Gasteiger partial charge in [0.05, 0.1) is 11.0 Å². The first kappa shape index (κ1) is 17.6. The number of imidazole rings is 1. The number of para-hydroxylation sites is 2. The lowest BCUT2D eigenvalue weighted by Gasteiger charge is -2.32. The van der Waals surface area contributed by atoms with E-state index in [4.69, 9.17) is 0 Å². The summed E-state index contributed by atoms with van der Waals surface area (Å²) >= 11 is 0. The van der Waals surface area contributed by atoms with Crippen molar-refractivity contribution in [3.05, 3.63) is 34.7 Å². The minimum Gasteiger partial charge on any atom is -0.340 e. The van der Waals surface area contributed by atoms with E-state index in [9.17, 15) is 9.59 Å². The number of rotatable bonds is 3. The highest BCUT2D eigenvalue weighted by molar-refractivity contribution is 5.85. The molecule has 2 heterocycles. The largest absolute Gasteiger partial charge is 0.340 e. The molecular formula is C16H23ClN4O2. The number of hydrogen-bond acceptors (Lipinski definition) is 3. The highest BCUT2D eigenvalue weighted by Crippen LogP contribution is 2.14. The van der Waals surface area contributed by atoms with Gasteiger partial charge in [-0.25, -0.2) is 4.79 Å². The third-order valence-corrected chi connectivity index (χ3v) is 4.53. The highest BCUT2D eigenvalue weighted by Gasteiger charge is 2.23. The fraction of sp³-hybridized carbons (Fsp3) is 0.500. The lowest BCUT2D eigenvalue weighted by molar-refractivity contribution is -0.133. The van der Waals surface area contributed by atoms with Crippen molar-refractivity contribution in [3.63, 3.8) is 0 Å². The number of benzene rings is 1. The molecule has 1 aromatic carbocycles. The molecule has 0 bridgehead atoms. The Morgan fingerprint density at radius 3 is 2.70 bits per heavy atom. The van der Waals surface area contributed by atoms with Gasteiger partial charge >= 0.3 is 5.69 Å². The van der Waals surface area contributed by atoms with Crippen LogP contribution in [-0.4, -0.2) is 46.1 Å². The van der Waals surface area contributed by atoms with Gasteiger partial charge in [-0.2, -0.15) is 0 Å². The first-order valence-corrected chi connectivity index (χ1v) is 7.71. The molecule has 1 fully saturated rings. The molecule has 1 atom stereocenters. The number of nitrogens with one attached hydrogen (secondary N) is 1. The summed E-state index contributed by atoms with van der Waals surface area (Å²) in [7, 11) is 3.66. The van der Waals surface area contributed by atoms with Gasteiger partial charge in [0, 0.05) is 26.2 Å². The van der Waals surface area contributed by atoms with Gasteiger partial charge in [0.15, 0.2) is 0 Å². The number of nitrogens with zero attached hydrogens (tertiary/aromatic N) is 3. The van der Waals surface area contributed by atoms with E-state index in [1.165, 1.54) is 0 Å². The van der Waals surface area contributed by atoms with Crippen LogP contribution in [0.1, 0.15) is 12.8 Å². The van der Waals surface area contributed by atoms with Crippen LogP contribution < -0.4 is 11.0 Å². The molecule has 23 heavy (non-hydrogen) atoms. The topological polar surface area (TPSA) is 59.3 Å². The van der Waals surface area contributed by atoms with Gasteiger partial charge < -0.3 is 10.2 Å². The third-order valence-electron chi connectivity index (χ3n) is 4.53. The summed E-state index contributed by atoms with van der Waals surface area (Å²) in [6.45, 7) is 1.60. The van der Waals surface area contributed by atoms with Crippen molar-refractivity contribution in [2.24, 2.45) is 7.05 Å². The van der Waals surface area contributed by atoms with Gasteiger partial charge in [0.1, 0.15) is 6.54 Å². The number of fused-ring (bicyclic) bond motifs is 1. The Morgan fingerprint density at radius 1 is 1.30 bits per heavy atom. The maximum absolute atomic E-state index is 12.6. The van der Waals surface area contributed by atoms with Crippen LogP contribution in [0, 0.1) is 0 Å². The molecule has 3 rings (SSSR count). The van der Waals surface area contributed by atoms with Crippen molar-refractivity contribution in [2.75, 3.05) is 20.1 Å². The maximum atomic E-state index is 12.6. The Hall–Kier alpha value is -1.79. The molecule has 1 saturated heterocycles. The fourth-order valence-electron chi connectivity index (χ4n) is 3.19. The van der Waals surface area contributed by atoms with Crippen LogP contribution >= 0.6 is 12.4 Å². The summed E-state index contributed by atoms with van der Waals surface area (Å²) in [6, 6.07) is 7.92. The number of carbonyl (C=O) groups is 1. The van der Waals surface area contributed by atoms with Crippen LogP contribution in [0.5, 0.6) is 0 Å². The van der Waals surface area contributed by atoms with Crippen molar-refractivity contribution in [2.45, 2.75) is 25.4 Å². The number of aryl methyl sites for hydroxylation is 1. The van der Waals surface area contributed by atoms with Crippen LogP contribution in [0.4, 0.5) is 0 Å². The molecular weight excluding hydrogens is 316 g/mol. The zero-order valence-electron chi connectivity index (χ0n) is 13.5. The lowest BCUT2D eigenvalue weighted by Crippen LogP contribution is -2.48. The van der Waals surface area contributed by atoms with E-state index in [1.807, 2.05) is 36.2 Å². The number of amides is 1. The van der Waals surface area contributed by atoms with E-state index in [2.05, 4.69) is 5.32 Å². The van der Waals surface area contributed by atoms with Crippen LogP contribution in [0.25, 0.3) is 11.0 Å². The third kappa shape index (κ3) is 3.28. The molecule has 1 unspecified atom stereocenters. The van der Waals surface area contributed by atoms with Gasteiger partial charge in [-0.1, -0.05) is 12.1 Å². The molecule has 0 spiro atoms. The predicted molar refractivity (Wildman–Crippen MR) is 93.1 cm³/mol. The number of halogens is 1. The summed E-state index contributed by atoms with van der Waals surface area (Å²) in [4.78, 5) is 26.8. The molecule has 1 aromatic heterocycles. The van der Waals surface area contributed by atoms with Gasteiger partial charge in [-0.15, -0.1) is 12.4 Å². The van der Waals surface area contributed by atoms with Crippen molar-refractivity contribution in [1.82, 2.24) is 19.4 Å². The van der Waals surface area contributed by atoms with Crippen LogP contribution in [0.15, 0.2) is 29.1 Å². The van der Waals surface area contributed by atoms with Gasteiger partial charge in [-0.3, -0.25) is 13.9 Å². The van der Waals surface area contributed by atoms with Gasteiger partial charge in [-0.05, 0) is 32.0 Å². The Morgan fingerprint density at radius 2 is 2.00 bits per heavy atom. The first-order valence-electron chi connectivity index (χ1n) is 7.71. The van der Waals surface area contributed by atoms with E-state index in [1.54, 1.807) is 16.2 Å². The SMILES string of the molecule is CNC1CCCN(C(=O)Cn2c(=O)n(C)c3ccccc32)C1.Cl. The highest BCUT2D eigenvalue weighted by atomic mass is 35.5. The van der Waals surface area contributed by atoms with Crippen molar-refractivity contribution in [3.8, 4) is 0 Å². The number of likely N-dealkylation sites (tertiary alicyclic amines) is 1. The normalized spacial score (nSPS) is 18.0. The Kier molecular flexibility index (Phi) is 5.49. The standard InChI is InChI=1S/C16H22N4O2.ClH/c1-17-12-6-5-9-19(10-12)15(21)11-20-14-8-4-3-7-13(14)18(2)16(20)22;/h3-4,7-8,12,17H,5-6,9-11H2,1-2H3;1H. The lowest BCUT2D eigenvalue weighted by atomic mass is 10.1. The number of hydrogen-bond donors (Lipinski definition) is 1. The zero-order valence-corrected chi connectivity index (χ0v) is 14.3. The average Bonchev–Trinajstić information content (AvgIpc) is 2.80. The van der Waals surface area contributed by atoms with E-state index in [-0.39, 0.29) is 30.5 Å². The van der Waals surface area contributed by atoms with E-state index >= 15 is 0 Å². The van der Waals surface area contributed by atoms with Gasteiger partial charge in [0.2, 0.25) is 5.91 Å². The second-order valence-electron chi connectivity index (χ2n) is 5.88. The molecule has 1 N–H and O–H groups in total. The van der Waals surface area contributed by atoms with E-state index in [0.29, 0.717) is 6.04 Å². The molecule has 7 heteroatoms. The fourth-order valence-corrected chi connectivity index (χ4v) is 3.19. The zero-order chi connectivity index (χ0) is 15.7. The summed E-state index contributed by atoms with van der Waals surface area (Å²) < 4.78 is 3.16. The Balaban J connectivity index is 0.00000192. The maximum Gasteiger partial charge on any atom is 0.329 e. The second kappa shape index (κ2) is 7.19. The monoisotopic (exact) mass is 338 g/mol. The summed E-state index contributed by atoms with van der Waals surface area (Å²) in [5.74, 6) is 0.0124. The number of piperidine rings is 1. The molecule has 126 valence electrons. The number of aromatic nitrogens is 2. The van der Waals surface area contributed by atoms with E-state index < -0.39 is 0 Å². The van der Waals surface area contributed by atoms with Crippen molar-refractivity contribution < 1.29 is 4.79 Å². The molecule has 1 amide bonds. The molecule has 1 aliphatic heterocycles. The van der Waals surface area contributed by atoms with Gasteiger partial charge in [0.25, 0.3) is 0 Å². The van der Waals surface area contributed by atoms with E-state index in [0.717, 1.165) is 37.0 Å². The predicted octanol–water partition coefficient (Wildman–Crippen LogP) is 0.972. The quantitative estimate of drug-likeness (QED) is 0.907. The molecule has 2 aromatic rings. The van der Waals surface area contributed by atoms with Crippen LogP contribution in [0.3, 0.4) is 0 Å². The number of carbonyl (C=O) groups excluding carboxylic acids is 1. The second-order valence-corrected chi connectivity index (χ2v) is 5.88. The average molecular weight is 339 g/mol. The minimum absolute atomic E-state index is 0. The van der Waals surface area contributed by atoms with Crippen LogP contribution in [0.2, 0.25) is 0 Å².